The molecule has 17 heavy (non-hydrogen) atoms. The van der Waals surface area contributed by atoms with E-state index in [1.807, 2.05) is 0 Å². The van der Waals surface area contributed by atoms with Crippen LogP contribution < -0.4 is 10.9 Å². The van der Waals surface area contributed by atoms with E-state index >= 15 is 0 Å². The van der Waals surface area contributed by atoms with E-state index < -0.39 is 0 Å². The van der Waals surface area contributed by atoms with Gasteiger partial charge in [-0.3, -0.25) is 9.78 Å². The van der Waals surface area contributed by atoms with Gasteiger partial charge in [0.15, 0.2) is 0 Å². The summed E-state index contributed by atoms with van der Waals surface area (Å²) in [4.78, 5) is 19.0. The number of hydrogen-bond donors (Lipinski definition) is 2. The van der Waals surface area contributed by atoms with Crippen molar-refractivity contribution in [2.45, 2.75) is 44.1 Å². The maximum absolute atomic E-state index is 11.7. The molecule has 0 radical (unpaired) electrons. The van der Waals surface area contributed by atoms with Gasteiger partial charge in [-0.1, -0.05) is 26.2 Å². The van der Waals surface area contributed by atoms with Crippen LogP contribution in [0.3, 0.4) is 0 Å². The van der Waals surface area contributed by atoms with Crippen molar-refractivity contribution in [3.63, 3.8) is 0 Å². The van der Waals surface area contributed by atoms with Gasteiger partial charge in [0.1, 0.15) is 0 Å². The molecular weight excluding hydrogens is 234 g/mol. The molecule has 2 rings (SSSR count). The average molecular weight is 253 g/mol. The summed E-state index contributed by atoms with van der Waals surface area (Å²) in [5, 5.41) is 3.20. The second-order valence-corrected chi connectivity index (χ2v) is 5.31. The summed E-state index contributed by atoms with van der Waals surface area (Å²) in [6.45, 7) is 3.08. The van der Waals surface area contributed by atoms with Gasteiger partial charge in [-0.25, -0.2) is 4.98 Å². The lowest BCUT2D eigenvalue weighted by Crippen LogP contribution is -2.18. The largest absolute Gasteiger partial charge is 0.356 e. The Morgan fingerprint density at radius 3 is 3.06 bits per heavy atom. The van der Waals surface area contributed by atoms with E-state index in [1.165, 1.54) is 19.3 Å². The van der Waals surface area contributed by atoms with E-state index in [0.29, 0.717) is 5.95 Å². The van der Waals surface area contributed by atoms with E-state index in [1.54, 1.807) is 11.8 Å². The van der Waals surface area contributed by atoms with Crippen LogP contribution in [0.4, 0.5) is 5.95 Å². The molecule has 0 amide bonds. The Labute approximate surface area is 106 Å². The maximum atomic E-state index is 11.7. The van der Waals surface area contributed by atoms with E-state index in [-0.39, 0.29) is 5.56 Å². The van der Waals surface area contributed by atoms with Gasteiger partial charge in [0.25, 0.3) is 5.56 Å². The minimum atomic E-state index is 0.0241. The van der Waals surface area contributed by atoms with Gasteiger partial charge < -0.3 is 5.32 Å². The molecular formula is C12H19N3OS. The van der Waals surface area contributed by atoms with Gasteiger partial charge in [-0.05, 0) is 6.42 Å². The number of aromatic amines is 1. The molecule has 1 aromatic heterocycles. The summed E-state index contributed by atoms with van der Waals surface area (Å²) in [6.07, 6.45) is 4.87. The second kappa shape index (κ2) is 6.10. The number of H-pyrrole nitrogens is 1. The van der Waals surface area contributed by atoms with Gasteiger partial charge in [0.05, 0.1) is 5.69 Å². The molecule has 0 saturated carbocycles. The van der Waals surface area contributed by atoms with E-state index in [2.05, 4.69) is 22.2 Å². The molecule has 94 valence electrons. The zero-order valence-corrected chi connectivity index (χ0v) is 11.0. The van der Waals surface area contributed by atoms with Gasteiger partial charge in [-0.2, -0.15) is 11.8 Å². The Hall–Kier alpha value is -0.970. The first-order valence-corrected chi connectivity index (χ1v) is 7.40. The standard InChI is InChI=1S/C12H19N3OS/c1-2-3-4-5-6-13-12-14-10-8-17-7-9(10)11(16)15-12/h2-8H2,1H3,(H2,13,14,15,16). The predicted octanol–water partition coefficient (Wildman–Crippen LogP) is 2.51. The van der Waals surface area contributed by atoms with Crippen LogP contribution in [-0.4, -0.2) is 16.5 Å². The summed E-state index contributed by atoms with van der Waals surface area (Å²) in [5.74, 6) is 2.30. The van der Waals surface area contributed by atoms with Crippen molar-refractivity contribution >= 4 is 17.7 Å². The fourth-order valence-electron chi connectivity index (χ4n) is 1.90. The zero-order valence-electron chi connectivity index (χ0n) is 10.2. The third-order valence-corrected chi connectivity index (χ3v) is 3.88. The minimum absolute atomic E-state index is 0.0241. The number of nitrogens with one attached hydrogen (secondary N) is 2. The molecule has 1 aliphatic rings. The lowest BCUT2D eigenvalue weighted by Gasteiger charge is -2.06. The Balaban J connectivity index is 1.89. The molecule has 1 aliphatic heterocycles. The molecule has 0 bridgehead atoms. The van der Waals surface area contributed by atoms with Crippen LogP contribution in [-0.2, 0) is 11.5 Å². The Morgan fingerprint density at radius 1 is 1.35 bits per heavy atom. The number of hydrogen-bond acceptors (Lipinski definition) is 4. The van der Waals surface area contributed by atoms with E-state index in [9.17, 15) is 4.79 Å². The van der Waals surface area contributed by atoms with Crippen LogP contribution in [0.2, 0.25) is 0 Å². The van der Waals surface area contributed by atoms with Gasteiger partial charge in [0.2, 0.25) is 5.95 Å². The normalized spacial score (nSPS) is 13.7. The summed E-state index contributed by atoms with van der Waals surface area (Å²) >= 11 is 1.75. The van der Waals surface area contributed by atoms with Crippen molar-refractivity contribution in [1.82, 2.24) is 9.97 Å². The number of nitrogens with zero attached hydrogens (tertiary/aromatic N) is 1. The number of aromatic nitrogens is 2. The van der Waals surface area contributed by atoms with Crippen molar-refractivity contribution < 1.29 is 0 Å². The highest BCUT2D eigenvalue weighted by Gasteiger charge is 2.17. The highest BCUT2D eigenvalue weighted by molar-refractivity contribution is 7.98. The Bertz CT molecular complexity index is 430. The molecule has 1 aromatic rings. The van der Waals surface area contributed by atoms with Gasteiger partial charge >= 0.3 is 0 Å². The third-order valence-electron chi connectivity index (χ3n) is 2.91. The molecule has 0 spiro atoms. The topological polar surface area (TPSA) is 57.8 Å². The summed E-state index contributed by atoms with van der Waals surface area (Å²) in [7, 11) is 0. The summed E-state index contributed by atoms with van der Waals surface area (Å²) in [6, 6.07) is 0. The molecule has 5 heteroatoms. The molecule has 2 heterocycles. The van der Waals surface area contributed by atoms with Crippen molar-refractivity contribution in [3.8, 4) is 0 Å². The molecule has 0 atom stereocenters. The first-order valence-electron chi connectivity index (χ1n) is 6.25. The van der Waals surface area contributed by atoms with Crippen LogP contribution in [0.25, 0.3) is 0 Å². The second-order valence-electron chi connectivity index (χ2n) is 4.32. The number of rotatable bonds is 6. The monoisotopic (exact) mass is 253 g/mol. The molecule has 4 nitrogen and oxygen atoms in total. The van der Waals surface area contributed by atoms with Crippen LogP contribution in [0, 0.1) is 0 Å². The molecule has 0 aromatic carbocycles. The summed E-state index contributed by atoms with van der Waals surface area (Å²) in [5.41, 5.74) is 1.83. The summed E-state index contributed by atoms with van der Waals surface area (Å²) < 4.78 is 0. The molecule has 2 N–H and O–H groups in total. The quantitative estimate of drug-likeness (QED) is 0.765. The fourth-order valence-corrected chi connectivity index (χ4v) is 2.94. The van der Waals surface area contributed by atoms with Crippen LogP contribution >= 0.6 is 11.8 Å². The lowest BCUT2D eigenvalue weighted by atomic mass is 10.2. The smallest absolute Gasteiger partial charge is 0.256 e. The van der Waals surface area contributed by atoms with E-state index in [0.717, 1.165) is 35.7 Å². The SMILES string of the molecule is CCCCCCNc1nc2c(c(=O)[nH]1)CSC2. The molecule has 0 aliphatic carbocycles. The highest BCUT2D eigenvalue weighted by Crippen LogP contribution is 2.25. The average Bonchev–Trinajstić information content (AvgIpc) is 2.77. The third kappa shape index (κ3) is 3.25. The van der Waals surface area contributed by atoms with E-state index in [4.69, 9.17) is 0 Å². The maximum Gasteiger partial charge on any atom is 0.256 e. The first-order chi connectivity index (χ1) is 8.31. The lowest BCUT2D eigenvalue weighted by molar-refractivity contribution is 0.683. The first kappa shape index (κ1) is 12.5. The van der Waals surface area contributed by atoms with Crippen LogP contribution in [0.15, 0.2) is 4.79 Å². The molecule has 0 unspecified atom stereocenters. The van der Waals surface area contributed by atoms with Crippen molar-refractivity contribution in [3.05, 3.63) is 21.6 Å². The van der Waals surface area contributed by atoms with Gasteiger partial charge in [0, 0.05) is 23.6 Å². The molecule has 0 fully saturated rings. The fraction of sp³-hybridized carbons (Fsp3) is 0.667. The van der Waals surface area contributed by atoms with Crippen molar-refractivity contribution in [2.24, 2.45) is 0 Å². The number of fused-ring (bicyclic) bond motifs is 1. The Kier molecular flexibility index (Phi) is 4.48. The predicted molar refractivity (Wildman–Crippen MR) is 72.5 cm³/mol. The molecule has 0 saturated heterocycles. The number of unbranched alkanes of at least 4 members (excludes halogenated alkanes) is 3. The van der Waals surface area contributed by atoms with Gasteiger partial charge in [-0.15, -0.1) is 0 Å². The Morgan fingerprint density at radius 2 is 2.24 bits per heavy atom. The van der Waals surface area contributed by atoms with Crippen molar-refractivity contribution in [1.29, 1.82) is 0 Å². The minimum Gasteiger partial charge on any atom is -0.356 e. The van der Waals surface area contributed by atoms with Crippen LogP contribution in [0.5, 0.6) is 0 Å². The number of thioether (sulfide) groups is 1. The zero-order chi connectivity index (χ0) is 12.1. The van der Waals surface area contributed by atoms with Crippen molar-refractivity contribution in [2.75, 3.05) is 11.9 Å². The highest BCUT2D eigenvalue weighted by atomic mass is 32.2. The van der Waals surface area contributed by atoms with Crippen LogP contribution in [0.1, 0.15) is 43.9 Å². The number of anilines is 1.